The smallest absolute Gasteiger partial charge is 0.408 e. The number of H-pyrrole nitrogens is 1. The maximum Gasteiger partial charge on any atom is 0.408 e. The topological polar surface area (TPSA) is 151 Å². The zero-order valence-corrected chi connectivity index (χ0v) is 23.0. The second-order valence-electron chi connectivity index (χ2n) is 9.59. The van der Waals surface area contributed by atoms with Crippen LogP contribution >= 0.6 is 30.9 Å². The average molecular weight is 575 g/mol. The minimum Gasteiger partial charge on any atom is -0.438 e. The monoisotopic (exact) mass is 574 g/mol. The molecule has 1 aliphatic heterocycles. The van der Waals surface area contributed by atoms with E-state index in [2.05, 4.69) is 15.5 Å². The Labute approximate surface area is 224 Å². The molecule has 3 N–H and O–H groups in total. The molecule has 37 heavy (non-hydrogen) atoms. The summed E-state index contributed by atoms with van der Waals surface area (Å²) in [6.07, 6.45) is 2.01. The number of amides is 1. The number of ketones is 1. The molecule has 1 fully saturated rings. The van der Waals surface area contributed by atoms with Gasteiger partial charge in [0, 0.05) is 31.1 Å². The van der Waals surface area contributed by atoms with E-state index < -0.39 is 31.8 Å². The number of aromatic nitrogens is 2. The first kappa shape index (κ1) is 29.3. The van der Waals surface area contributed by atoms with Crippen LogP contribution in [0, 0.1) is 5.41 Å². The molecule has 2 heterocycles. The van der Waals surface area contributed by atoms with Crippen molar-refractivity contribution >= 4 is 48.6 Å². The number of nitrogens with zero attached hydrogens (tertiary/aromatic N) is 2. The van der Waals surface area contributed by atoms with Gasteiger partial charge in [0.15, 0.2) is 5.78 Å². The number of hydrogen-bond acceptors (Lipinski definition) is 7. The number of rotatable bonds is 9. The van der Waals surface area contributed by atoms with Gasteiger partial charge in [-0.1, -0.05) is 29.3 Å². The second kappa shape index (κ2) is 12.1. The number of aromatic amines is 1. The Balaban J connectivity index is 1.52. The van der Waals surface area contributed by atoms with E-state index >= 15 is 0 Å². The molecule has 1 aromatic heterocycles. The highest BCUT2D eigenvalue weighted by Gasteiger charge is 2.35. The Morgan fingerprint density at radius 3 is 2.43 bits per heavy atom. The number of piperidine rings is 1. The van der Waals surface area contributed by atoms with Gasteiger partial charge < -0.3 is 14.9 Å². The maximum absolute atomic E-state index is 12.9. The largest absolute Gasteiger partial charge is 0.438 e. The van der Waals surface area contributed by atoms with Crippen molar-refractivity contribution in [2.75, 3.05) is 19.9 Å². The molecular formula is C23H29Cl2N4O7P. The van der Waals surface area contributed by atoms with Gasteiger partial charge >= 0.3 is 13.7 Å². The quantitative estimate of drug-likeness (QED) is 0.174. The average Bonchev–Trinajstić information content (AvgIpc) is 3.26. The SMILES string of the molecule is CC(C)(C)C(=O)OCOP(=O)(O)N1CCC(NC(=O)c2[nH]ncc2CC(=O)c2c(Cl)cccc2Cl)CC1. The first-order valence-corrected chi connectivity index (χ1v) is 13.8. The fourth-order valence-electron chi connectivity index (χ4n) is 3.63. The van der Waals surface area contributed by atoms with Crippen molar-refractivity contribution in [3.05, 3.63) is 51.3 Å². The van der Waals surface area contributed by atoms with Crippen LogP contribution in [0.3, 0.4) is 0 Å². The van der Waals surface area contributed by atoms with E-state index in [0.29, 0.717) is 18.4 Å². The summed E-state index contributed by atoms with van der Waals surface area (Å²) < 4.78 is 23.7. The van der Waals surface area contributed by atoms with Crippen LogP contribution in [0.25, 0.3) is 0 Å². The zero-order valence-electron chi connectivity index (χ0n) is 20.6. The predicted octanol–water partition coefficient (Wildman–Crippen LogP) is 4.00. The summed E-state index contributed by atoms with van der Waals surface area (Å²) in [6, 6.07) is 4.47. The normalized spacial score (nSPS) is 16.7. The van der Waals surface area contributed by atoms with Crippen LogP contribution < -0.4 is 5.32 Å². The lowest BCUT2D eigenvalue weighted by atomic mass is 9.98. The number of benzene rings is 1. The van der Waals surface area contributed by atoms with Crippen molar-refractivity contribution in [3.63, 3.8) is 0 Å². The van der Waals surface area contributed by atoms with E-state index in [-0.39, 0.29) is 52.6 Å². The van der Waals surface area contributed by atoms with Crippen molar-refractivity contribution < 1.29 is 33.1 Å². The Morgan fingerprint density at radius 1 is 1.22 bits per heavy atom. The standard InChI is InChI=1S/C23H29Cl2N4O7P/c1-23(2,3)22(32)35-13-36-37(33,34)29-9-7-15(8-10-29)27-21(31)20-14(12-26-28-20)11-18(30)19-16(24)5-4-6-17(19)25/h4-6,12,15H,7-11,13H2,1-3H3,(H,26,28)(H,27,31)(H,33,34). The third-order valence-electron chi connectivity index (χ3n) is 5.72. The molecule has 11 nitrogen and oxygen atoms in total. The van der Waals surface area contributed by atoms with Crippen molar-refractivity contribution in [1.82, 2.24) is 20.2 Å². The highest BCUT2D eigenvalue weighted by Crippen LogP contribution is 2.47. The van der Waals surface area contributed by atoms with Gasteiger partial charge in [-0.05, 0) is 45.7 Å². The number of halogens is 2. The van der Waals surface area contributed by atoms with Crippen LogP contribution in [0.2, 0.25) is 10.0 Å². The first-order valence-electron chi connectivity index (χ1n) is 11.5. The Bertz CT molecular complexity index is 1190. The highest BCUT2D eigenvalue weighted by molar-refractivity contribution is 7.50. The fourth-order valence-corrected chi connectivity index (χ4v) is 5.33. The first-order chi connectivity index (χ1) is 17.3. The van der Waals surface area contributed by atoms with E-state index in [9.17, 15) is 23.8 Å². The second-order valence-corrected chi connectivity index (χ2v) is 12.2. The Morgan fingerprint density at radius 2 is 1.84 bits per heavy atom. The number of ether oxygens (including phenoxy) is 1. The van der Waals surface area contributed by atoms with Gasteiger partial charge in [-0.2, -0.15) is 5.10 Å². The molecule has 202 valence electrons. The molecule has 0 radical (unpaired) electrons. The van der Waals surface area contributed by atoms with Gasteiger partial charge in [0.25, 0.3) is 5.91 Å². The number of hydrogen-bond donors (Lipinski definition) is 3. The fraction of sp³-hybridized carbons (Fsp3) is 0.478. The van der Waals surface area contributed by atoms with Crippen LogP contribution in [0.15, 0.2) is 24.4 Å². The molecule has 3 rings (SSSR count). The van der Waals surface area contributed by atoms with Crippen LogP contribution in [0.5, 0.6) is 0 Å². The molecule has 0 aliphatic carbocycles. The van der Waals surface area contributed by atoms with Crippen LogP contribution in [0.1, 0.15) is 60.0 Å². The number of Topliss-reactive ketones (excluding diaryl/α,β-unsaturated/α-hetero) is 1. The number of carbonyl (C=O) groups is 3. The van der Waals surface area contributed by atoms with Gasteiger partial charge in [-0.15, -0.1) is 0 Å². The number of carbonyl (C=O) groups excluding carboxylic acids is 3. The van der Waals surface area contributed by atoms with Crippen LogP contribution in [-0.4, -0.2) is 63.3 Å². The summed E-state index contributed by atoms with van der Waals surface area (Å²) in [7, 11) is -4.18. The minimum atomic E-state index is -4.18. The Hall–Kier alpha value is -2.27. The van der Waals surface area contributed by atoms with E-state index in [0.717, 1.165) is 0 Å². The van der Waals surface area contributed by atoms with E-state index in [1.54, 1.807) is 39.0 Å². The lowest BCUT2D eigenvalue weighted by Crippen LogP contribution is -2.44. The summed E-state index contributed by atoms with van der Waals surface area (Å²) >= 11 is 12.2. The maximum atomic E-state index is 12.9. The molecule has 0 spiro atoms. The van der Waals surface area contributed by atoms with Gasteiger partial charge in [-0.3, -0.25) is 24.0 Å². The van der Waals surface area contributed by atoms with E-state index in [1.807, 2.05) is 0 Å². The summed E-state index contributed by atoms with van der Waals surface area (Å²) in [5, 5.41) is 9.81. The lowest BCUT2D eigenvalue weighted by Gasteiger charge is -2.33. The van der Waals surface area contributed by atoms with Gasteiger partial charge in [0.2, 0.25) is 6.79 Å². The molecule has 1 unspecified atom stereocenters. The predicted molar refractivity (Wildman–Crippen MR) is 136 cm³/mol. The van der Waals surface area contributed by atoms with E-state index in [1.165, 1.54) is 10.9 Å². The van der Waals surface area contributed by atoms with Crippen molar-refractivity contribution in [3.8, 4) is 0 Å². The summed E-state index contributed by atoms with van der Waals surface area (Å²) in [5.74, 6) is -1.36. The highest BCUT2D eigenvalue weighted by atomic mass is 35.5. The van der Waals surface area contributed by atoms with Crippen LogP contribution in [-0.2, 0) is 25.0 Å². The molecule has 1 aliphatic rings. The number of esters is 1. The Kier molecular flexibility index (Phi) is 9.55. The third-order valence-corrected chi connectivity index (χ3v) is 7.91. The number of nitrogens with one attached hydrogen (secondary N) is 2. The molecular weight excluding hydrogens is 546 g/mol. The molecule has 1 aromatic carbocycles. The van der Waals surface area contributed by atoms with Crippen molar-refractivity contribution in [2.45, 2.75) is 46.1 Å². The lowest BCUT2D eigenvalue weighted by molar-refractivity contribution is -0.160. The van der Waals surface area contributed by atoms with E-state index in [4.69, 9.17) is 32.5 Å². The molecule has 14 heteroatoms. The van der Waals surface area contributed by atoms with Crippen molar-refractivity contribution in [2.24, 2.45) is 5.41 Å². The van der Waals surface area contributed by atoms with Gasteiger partial charge in [0.1, 0.15) is 5.69 Å². The van der Waals surface area contributed by atoms with Gasteiger partial charge in [0.05, 0.1) is 27.2 Å². The molecule has 1 saturated heterocycles. The summed E-state index contributed by atoms with van der Waals surface area (Å²) in [4.78, 5) is 47.7. The summed E-state index contributed by atoms with van der Waals surface area (Å²) in [5.41, 5.74) is -0.0673. The third kappa shape index (κ3) is 7.63. The molecule has 0 saturated carbocycles. The molecule has 1 atom stereocenters. The zero-order chi connectivity index (χ0) is 27.4. The van der Waals surface area contributed by atoms with Gasteiger partial charge in [-0.25, -0.2) is 9.24 Å². The molecule has 0 bridgehead atoms. The minimum absolute atomic E-state index is 0.133. The summed E-state index contributed by atoms with van der Waals surface area (Å²) in [6.45, 7) is 4.68. The van der Waals surface area contributed by atoms with Crippen molar-refractivity contribution in [1.29, 1.82) is 0 Å². The van der Waals surface area contributed by atoms with Crippen LogP contribution in [0.4, 0.5) is 0 Å². The molecule has 2 aromatic rings. The molecule has 1 amide bonds.